The van der Waals surface area contributed by atoms with Gasteiger partial charge in [-0.05, 0) is 49.6 Å². The molecule has 3 heterocycles. The average Bonchev–Trinajstić information content (AvgIpc) is 3.33. The molecule has 1 fully saturated rings. The number of hydrogen-bond donors (Lipinski definition) is 1. The molecule has 0 spiro atoms. The predicted octanol–water partition coefficient (Wildman–Crippen LogP) is 3.78. The van der Waals surface area contributed by atoms with Gasteiger partial charge in [-0.15, -0.1) is 0 Å². The van der Waals surface area contributed by atoms with E-state index < -0.39 is 0 Å². The topological polar surface area (TPSA) is 66.7 Å². The van der Waals surface area contributed by atoms with Crippen LogP contribution in [0.25, 0.3) is 5.52 Å². The van der Waals surface area contributed by atoms with Crippen LogP contribution in [0, 0.1) is 6.92 Å². The molecule has 4 rings (SSSR count). The lowest BCUT2D eigenvalue weighted by molar-refractivity contribution is 0.0780. The number of amides is 2. The fraction of sp³-hybridized carbons (Fsp3) is 0.250. The van der Waals surface area contributed by atoms with Gasteiger partial charge in [0.2, 0.25) is 5.82 Å². The summed E-state index contributed by atoms with van der Waals surface area (Å²) in [5.74, 6) is -0.253. The van der Waals surface area contributed by atoms with E-state index in [1.165, 1.54) is 0 Å². The largest absolute Gasteiger partial charge is 0.336 e. The Balaban J connectivity index is 1.72. The fourth-order valence-corrected chi connectivity index (χ4v) is 3.52. The van der Waals surface area contributed by atoms with Gasteiger partial charge in [0, 0.05) is 30.0 Å². The summed E-state index contributed by atoms with van der Waals surface area (Å²) in [7, 11) is 0. The van der Waals surface area contributed by atoms with E-state index in [0.29, 0.717) is 16.2 Å². The van der Waals surface area contributed by atoms with E-state index in [4.69, 9.17) is 11.6 Å². The van der Waals surface area contributed by atoms with E-state index in [1.54, 1.807) is 39.8 Å². The highest BCUT2D eigenvalue weighted by Crippen LogP contribution is 2.24. The molecule has 2 amide bonds. The number of benzene rings is 1. The number of nitrogens with zero attached hydrogens (tertiary/aromatic N) is 3. The summed E-state index contributed by atoms with van der Waals surface area (Å²) in [4.78, 5) is 31.9. The molecule has 2 aromatic heterocycles. The Hall–Kier alpha value is -2.86. The Labute approximate surface area is 161 Å². The monoisotopic (exact) mass is 382 g/mol. The van der Waals surface area contributed by atoms with Crippen LogP contribution in [-0.4, -0.2) is 39.2 Å². The van der Waals surface area contributed by atoms with Crippen molar-refractivity contribution in [1.29, 1.82) is 0 Å². The van der Waals surface area contributed by atoms with Gasteiger partial charge in [0.05, 0.1) is 5.52 Å². The maximum Gasteiger partial charge on any atom is 0.290 e. The first-order chi connectivity index (χ1) is 13.1. The molecule has 7 heteroatoms. The van der Waals surface area contributed by atoms with Crippen molar-refractivity contribution in [2.24, 2.45) is 0 Å². The van der Waals surface area contributed by atoms with Crippen molar-refractivity contribution < 1.29 is 9.59 Å². The van der Waals surface area contributed by atoms with E-state index >= 15 is 0 Å². The van der Waals surface area contributed by atoms with Crippen molar-refractivity contribution in [3.8, 4) is 0 Å². The number of anilines is 1. The zero-order valence-corrected chi connectivity index (χ0v) is 15.7. The summed E-state index contributed by atoms with van der Waals surface area (Å²) >= 11 is 6.14. The van der Waals surface area contributed by atoms with Gasteiger partial charge in [0.1, 0.15) is 0 Å². The van der Waals surface area contributed by atoms with E-state index in [-0.39, 0.29) is 23.3 Å². The zero-order chi connectivity index (χ0) is 19.0. The summed E-state index contributed by atoms with van der Waals surface area (Å²) in [5, 5.41) is 3.43. The lowest BCUT2D eigenvalue weighted by Gasteiger charge is -2.13. The van der Waals surface area contributed by atoms with Crippen LogP contribution >= 0.6 is 11.6 Å². The van der Waals surface area contributed by atoms with Crippen LogP contribution in [0.2, 0.25) is 5.02 Å². The minimum Gasteiger partial charge on any atom is -0.336 e. The normalized spacial score (nSPS) is 13.9. The van der Waals surface area contributed by atoms with E-state index in [1.807, 2.05) is 19.1 Å². The molecule has 0 saturated carbocycles. The van der Waals surface area contributed by atoms with Crippen molar-refractivity contribution in [1.82, 2.24) is 14.3 Å². The number of rotatable bonds is 3. The number of hydrogen-bond acceptors (Lipinski definition) is 3. The third kappa shape index (κ3) is 3.17. The molecule has 1 saturated heterocycles. The van der Waals surface area contributed by atoms with Crippen molar-refractivity contribution in [2.75, 3.05) is 18.4 Å². The lowest BCUT2D eigenvalue weighted by Crippen LogP contribution is -2.29. The van der Waals surface area contributed by atoms with Crippen LogP contribution in [0.15, 0.2) is 42.6 Å². The van der Waals surface area contributed by atoms with Gasteiger partial charge in [-0.25, -0.2) is 4.98 Å². The third-order valence-corrected chi connectivity index (χ3v) is 5.27. The van der Waals surface area contributed by atoms with Crippen LogP contribution in [0.1, 0.15) is 39.5 Å². The van der Waals surface area contributed by atoms with Crippen molar-refractivity contribution in [2.45, 2.75) is 19.8 Å². The summed E-state index contributed by atoms with van der Waals surface area (Å²) in [6.07, 6.45) is 3.75. The van der Waals surface area contributed by atoms with Crippen LogP contribution in [-0.2, 0) is 0 Å². The van der Waals surface area contributed by atoms with Gasteiger partial charge in [0.15, 0.2) is 5.69 Å². The summed E-state index contributed by atoms with van der Waals surface area (Å²) in [6.45, 7) is 3.29. The molecule has 1 aliphatic heterocycles. The number of fused-ring (bicyclic) bond motifs is 1. The molecule has 6 nitrogen and oxygen atoms in total. The van der Waals surface area contributed by atoms with Crippen LogP contribution in [0.4, 0.5) is 5.69 Å². The highest BCUT2D eigenvalue weighted by atomic mass is 35.5. The number of carbonyl (C=O) groups is 2. The standard InChI is InChI=1S/C20H19ClN4O2/c1-13-14(21)7-6-8-15(13)22-19(26)17-16-9-2-3-12-25(16)18(23-17)20(27)24-10-4-5-11-24/h2-3,6-9,12H,4-5,10-11H2,1H3,(H,22,26). The molecule has 27 heavy (non-hydrogen) atoms. The Morgan fingerprint density at radius 2 is 1.89 bits per heavy atom. The molecule has 1 aliphatic rings. The van der Waals surface area contributed by atoms with E-state index in [2.05, 4.69) is 10.3 Å². The first-order valence-electron chi connectivity index (χ1n) is 8.89. The minimum absolute atomic E-state index is 0.147. The molecule has 1 aromatic carbocycles. The Morgan fingerprint density at radius 1 is 1.11 bits per heavy atom. The number of halogens is 1. The Bertz CT molecular complexity index is 1040. The lowest BCUT2D eigenvalue weighted by atomic mass is 10.2. The molecule has 0 radical (unpaired) electrons. The number of aromatic nitrogens is 2. The number of nitrogens with one attached hydrogen (secondary N) is 1. The number of imidazole rings is 1. The van der Waals surface area contributed by atoms with Crippen molar-refractivity contribution in [3.05, 3.63) is 64.7 Å². The molecule has 0 aliphatic carbocycles. The second-order valence-corrected chi connectivity index (χ2v) is 7.01. The van der Waals surface area contributed by atoms with E-state index in [0.717, 1.165) is 31.5 Å². The molecular weight excluding hydrogens is 364 g/mol. The molecule has 0 bridgehead atoms. The smallest absolute Gasteiger partial charge is 0.290 e. The Kier molecular flexibility index (Phi) is 4.58. The van der Waals surface area contributed by atoms with Crippen LogP contribution in [0.3, 0.4) is 0 Å². The van der Waals surface area contributed by atoms with Crippen LogP contribution in [0.5, 0.6) is 0 Å². The second kappa shape index (κ2) is 7.04. The van der Waals surface area contributed by atoms with Gasteiger partial charge in [0.25, 0.3) is 11.8 Å². The zero-order valence-electron chi connectivity index (χ0n) is 14.9. The van der Waals surface area contributed by atoms with Crippen molar-refractivity contribution >= 4 is 34.6 Å². The molecule has 0 atom stereocenters. The number of likely N-dealkylation sites (tertiary alicyclic amines) is 1. The number of pyridine rings is 1. The SMILES string of the molecule is Cc1c(Cl)cccc1NC(=O)c1nc(C(=O)N2CCCC2)n2ccccc12. The third-order valence-electron chi connectivity index (χ3n) is 4.86. The fourth-order valence-electron chi connectivity index (χ4n) is 3.34. The van der Waals surface area contributed by atoms with Gasteiger partial charge in [-0.3, -0.25) is 14.0 Å². The first kappa shape index (κ1) is 17.5. The van der Waals surface area contributed by atoms with Gasteiger partial charge < -0.3 is 10.2 Å². The maximum absolute atomic E-state index is 12.9. The van der Waals surface area contributed by atoms with E-state index in [9.17, 15) is 9.59 Å². The highest BCUT2D eigenvalue weighted by molar-refractivity contribution is 6.31. The predicted molar refractivity (Wildman–Crippen MR) is 104 cm³/mol. The van der Waals surface area contributed by atoms with Crippen LogP contribution < -0.4 is 5.32 Å². The second-order valence-electron chi connectivity index (χ2n) is 6.61. The summed E-state index contributed by atoms with van der Waals surface area (Å²) in [5.41, 5.74) is 2.22. The summed E-state index contributed by atoms with van der Waals surface area (Å²) in [6, 6.07) is 10.8. The maximum atomic E-state index is 12.9. The molecule has 3 aromatic rings. The van der Waals surface area contributed by atoms with Gasteiger partial charge in [-0.2, -0.15) is 0 Å². The molecular formula is C20H19ClN4O2. The molecule has 1 N–H and O–H groups in total. The highest BCUT2D eigenvalue weighted by Gasteiger charge is 2.26. The molecule has 138 valence electrons. The minimum atomic E-state index is -0.371. The molecule has 0 unspecified atom stereocenters. The number of carbonyl (C=O) groups excluding carboxylic acids is 2. The summed E-state index contributed by atoms with van der Waals surface area (Å²) < 4.78 is 1.68. The van der Waals surface area contributed by atoms with Crippen molar-refractivity contribution in [3.63, 3.8) is 0 Å². The average molecular weight is 383 g/mol. The van der Waals surface area contributed by atoms with Gasteiger partial charge in [-0.1, -0.05) is 23.7 Å². The first-order valence-corrected chi connectivity index (χ1v) is 9.27. The Morgan fingerprint density at radius 3 is 2.67 bits per heavy atom. The quantitative estimate of drug-likeness (QED) is 0.749. The van der Waals surface area contributed by atoms with Gasteiger partial charge >= 0.3 is 0 Å².